The number of nitrogens with one attached hydrogen (secondary N) is 1. The monoisotopic (exact) mass is 442 g/mol. The SMILES string of the molecule is Cc1nn(Cc2c(C(=O)Nc3ccn(Cc4ccc(F)cc4)n3)noc2C)c(C)c1Cl. The van der Waals surface area contributed by atoms with Gasteiger partial charge in [-0.3, -0.25) is 14.2 Å². The van der Waals surface area contributed by atoms with Crippen molar-refractivity contribution in [3.63, 3.8) is 0 Å². The first kappa shape index (κ1) is 20.8. The summed E-state index contributed by atoms with van der Waals surface area (Å²) < 4.78 is 21.7. The van der Waals surface area contributed by atoms with Crippen LogP contribution >= 0.6 is 11.6 Å². The summed E-state index contributed by atoms with van der Waals surface area (Å²) in [6, 6.07) is 7.84. The van der Waals surface area contributed by atoms with Gasteiger partial charge in [0.2, 0.25) is 0 Å². The van der Waals surface area contributed by atoms with E-state index in [1.54, 1.807) is 40.7 Å². The Hall–Kier alpha value is -3.46. The number of halogens is 2. The van der Waals surface area contributed by atoms with Gasteiger partial charge in [-0.15, -0.1) is 0 Å². The van der Waals surface area contributed by atoms with Crippen LogP contribution in [0.3, 0.4) is 0 Å². The van der Waals surface area contributed by atoms with Crippen molar-refractivity contribution in [2.45, 2.75) is 33.9 Å². The minimum Gasteiger partial charge on any atom is -0.361 e. The maximum atomic E-state index is 13.1. The first-order valence-corrected chi connectivity index (χ1v) is 9.93. The lowest BCUT2D eigenvalue weighted by atomic mass is 10.2. The lowest BCUT2D eigenvalue weighted by Gasteiger charge is -2.06. The van der Waals surface area contributed by atoms with Gasteiger partial charge in [-0.2, -0.15) is 10.2 Å². The van der Waals surface area contributed by atoms with Gasteiger partial charge in [-0.1, -0.05) is 28.9 Å². The Morgan fingerprint density at radius 2 is 1.87 bits per heavy atom. The number of hydrogen-bond donors (Lipinski definition) is 1. The molecule has 0 unspecified atom stereocenters. The standard InChI is InChI=1S/C21H20ClFN6O2/c1-12-19(22)13(2)29(25-12)11-17-14(3)31-27-20(17)21(30)24-18-8-9-28(26-18)10-15-4-6-16(23)7-5-15/h4-9H,10-11H2,1-3H3,(H,24,26,30). The zero-order valence-electron chi connectivity index (χ0n) is 17.2. The van der Waals surface area contributed by atoms with Crippen molar-refractivity contribution < 1.29 is 13.7 Å². The molecule has 8 nitrogen and oxygen atoms in total. The van der Waals surface area contributed by atoms with E-state index < -0.39 is 5.91 Å². The number of aryl methyl sites for hydroxylation is 2. The maximum Gasteiger partial charge on any atom is 0.279 e. The average molecular weight is 443 g/mol. The number of benzene rings is 1. The molecule has 3 aromatic heterocycles. The highest BCUT2D eigenvalue weighted by Crippen LogP contribution is 2.22. The van der Waals surface area contributed by atoms with Crippen LogP contribution in [0.15, 0.2) is 41.1 Å². The summed E-state index contributed by atoms with van der Waals surface area (Å²) in [4.78, 5) is 12.8. The van der Waals surface area contributed by atoms with Gasteiger partial charge in [0.05, 0.1) is 29.5 Å². The Morgan fingerprint density at radius 3 is 2.55 bits per heavy atom. The Balaban J connectivity index is 1.49. The number of amides is 1. The van der Waals surface area contributed by atoms with Crippen LogP contribution in [0.1, 0.15) is 38.8 Å². The van der Waals surface area contributed by atoms with Gasteiger partial charge in [0, 0.05) is 17.8 Å². The van der Waals surface area contributed by atoms with Crippen molar-refractivity contribution in [1.82, 2.24) is 24.7 Å². The fourth-order valence-electron chi connectivity index (χ4n) is 3.20. The highest BCUT2D eigenvalue weighted by Gasteiger charge is 2.22. The first-order valence-electron chi connectivity index (χ1n) is 9.55. The van der Waals surface area contributed by atoms with E-state index >= 15 is 0 Å². The predicted octanol–water partition coefficient (Wildman–Crippen LogP) is 4.13. The van der Waals surface area contributed by atoms with Crippen LogP contribution in [0, 0.1) is 26.6 Å². The van der Waals surface area contributed by atoms with E-state index in [0.29, 0.717) is 40.9 Å². The van der Waals surface area contributed by atoms with Crippen LogP contribution < -0.4 is 5.32 Å². The van der Waals surface area contributed by atoms with E-state index in [0.717, 1.165) is 11.3 Å². The first-order chi connectivity index (χ1) is 14.8. The van der Waals surface area contributed by atoms with E-state index in [1.807, 2.05) is 13.8 Å². The number of anilines is 1. The molecule has 4 aromatic rings. The Kier molecular flexibility index (Phi) is 5.60. The van der Waals surface area contributed by atoms with Gasteiger partial charge in [0.15, 0.2) is 11.5 Å². The van der Waals surface area contributed by atoms with Crippen LogP contribution in [0.4, 0.5) is 10.2 Å². The van der Waals surface area contributed by atoms with Crippen molar-refractivity contribution in [3.8, 4) is 0 Å². The topological polar surface area (TPSA) is 90.8 Å². The fourth-order valence-corrected chi connectivity index (χ4v) is 3.34. The van der Waals surface area contributed by atoms with E-state index in [4.69, 9.17) is 16.1 Å². The summed E-state index contributed by atoms with van der Waals surface area (Å²) >= 11 is 6.23. The highest BCUT2D eigenvalue weighted by molar-refractivity contribution is 6.31. The summed E-state index contributed by atoms with van der Waals surface area (Å²) in [5, 5.41) is 16.0. The fraction of sp³-hybridized carbons (Fsp3) is 0.238. The minimum atomic E-state index is -0.438. The number of nitrogens with zero attached hydrogens (tertiary/aromatic N) is 5. The lowest BCUT2D eigenvalue weighted by molar-refractivity contribution is 0.101. The van der Waals surface area contributed by atoms with E-state index in [-0.39, 0.29) is 11.5 Å². The number of rotatable bonds is 6. The number of carbonyl (C=O) groups is 1. The van der Waals surface area contributed by atoms with Crippen LogP contribution in [-0.4, -0.2) is 30.6 Å². The molecule has 160 valence electrons. The van der Waals surface area contributed by atoms with E-state index in [2.05, 4.69) is 20.7 Å². The normalized spacial score (nSPS) is 11.1. The molecule has 0 bridgehead atoms. The molecule has 3 heterocycles. The average Bonchev–Trinajstić information content (AvgIpc) is 3.40. The molecule has 0 saturated carbocycles. The van der Waals surface area contributed by atoms with Gasteiger partial charge < -0.3 is 9.84 Å². The third kappa shape index (κ3) is 4.36. The molecule has 0 fully saturated rings. The summed E-state index contributed by atoms with van der Waals surface area (Å²) in [6.07, 6.45) is 1.73. The smallest absolute Gasteiger partial charge is 0.279 e. The second-order valence-electron chi connectivity index (χ2n) is 7.19. The molecule has 0 aliphatic carbocycles. The van der Waals surface area contributed by atoms with Gasteiger partial charge in [0.25, 0.3) is 5.91 Å². The molecule has 1 aromatic carbocycles. The van der Waals surface area contributed by atoms with E-state index in [9.17, 15) is 9.18 Å². The van der Waals surface area contributed by atoms with Gasteiger partial charge in [-0.05, 0) is 38.5 Å². The molecule has 0 radical (unpaired) electrons. The molecule has 1 N–H and O–H groups in total. The number of aromatic nitrogens is 5. The molecule has 0 aliphatic heterocycles. The van der Waals surface area contributed by atoms with Crippen molar-refractivity contribution >= 4 is 23.3 Å². The zero-order valence-corrected chi connectivity index (χ0v) is 17.9. The molecule has 0 atom stereocenters. The molecule has 1 amide bonds. The predicted molar refractivity (Wildman–Crippen MR) is 113 cm³/mol. The van der Waals surface area contributed by atoms with Crippen LogP contribution in [0.2, 0.25) is 5.02 Å². The van der Waals surface area contributed by atoms with Gasteiger partial charge >= 0.3 is 0 Å². The van der Waals surface area contributed by atoms with Gasteiger partial charge in [0.1, 0.15) is 11.6 Å². The second kappa shape index (κ2) is 8.35. The molecule has 31 heavy (non-hydrogen) atoms. The van der Waals surface area contributed by atoms with Crippen molar-refractivity contribution in [1.29, 1.82) is 0 Å². The molecule has 0 aliphatic rings. The third-order valence-corrected chi connectivity index (χ3v) is 5.49. The van der Waals surface area contributed by atoms with Gasteiger partial charge in [-0.25, -0.2) is 4.39 Å². The Bertz CT molecular complexity index is 1240. The largest absolute Gasteiger partial charge is 0.361 e. The second-order valence-corrected chi connectivity index (χ2v) is 7.57. The Labute approximate surface area is 182 Å². The van der Waals surface area contributed by atoms with Crippen molar-refractivity contribution in [3.05, 3.63) is 81.3 Å². The van der Waals surface area contributed by atoms with Crippen molar-refractivity contribution in [2.75, 3.05) is 5.32 Å². The van der Waals surface area contributed by atoms with Crippen LogP contribution in [0.5, 0.6) is 0 Å². The Morgan fingerprint density at radius 1 is 1.13 bits per heavy atom. The molecular formula is C21H20ClFN6O2. The summed E-state index contributed by atoms with van der Waals surface area (Å²) in [5.74, 6) is 0.161. The molecular weight excluding hydrogens is 423 g/mol. The molecule has 0 spiro atoms. The quantitative estimate of drug-likeness (QED) is 0.484. The maximum absolute atomic E-state index is 13.1. The lowest BCUT2D eigenvalue weighted by Crippen LogP contribution is -2.17. The van der Waals surface area contributed by atoms with Crippen molar-refractivity contribution in [2.24, 2.45) is 0 Å². The third-order valence-electron chi connectivity index (χ3n) is 4.94. The van der Waals surface area contributed by atoms with E-state index in [1.165, 1.54) is 12.1 Å². The number of hydrogen-bond acceptors (Lipinski definition) is 5. The molecule has 0 saturated heterocycles. The molecule has 10 heteroatoms. The zero-order chi connectivity index (χ0) is 22.1. The summed E-state index contributed by atoms with van der Waals surface area (Å²) in [6.45, 7) is 6.17. The van der Waals surface area contributed by atoms with Crippen LogP contribution in [-0.2, 0) is 13.1 Å². The van der Waals surface area contributed by atoms with Crippen LogP contribution in [0.25, 0.3) is 0 Å². The molecule has 4 rings (SSSR count). The highest BCUT2D eigenvalue weighted by atomic mass is 35.5. The summed E-state index contributed by atoms with van der Waals surface area (Å²) in [5.41, 5.74) is 3.18. The summed E-state index contributed by atoms with van der Waals surface area (Å²) in [7, 11) is 0. The number of carbonyl (C=O) groups excluding carboxylic acids is 1. The minimum absolute atomic E-state index is 0.161.